The van der Waals surface area contributed by atoms with Crippen molar-refractivity contribution in [1.82, 2.24) is 15.1 Å². The summed E-state index contributed by atoms with van der Waals surface area (Å²) < 4.78 is 15.8. The van der Waals surface area contributed by atoms with E-state index in [2.05, 4.69) is 31.2 Å². The van der Waals surface area contributed by atoms with Crippen LogP contribution in [0.2, 0.25) is 0 Å². The molecule has 1 aromatic carbocycles. The van der Waals surface area contributed by atoms with Gasteiger partial charge in [-0.05, 0) is 45.9 Å². The summed E-state index contributed by atoms with van der Waals surface area (Å²) in [7, 11) is 0. The van der Waals surface area contributed by atoms with Crippen molar-refractivity contribution < 1.29 is 4.39 Å². The Labute approximate surface area is 113 Å². The largest absolute Gasteiger partial charge is 0.308 e. The molecule has 0 spiro atoms. The average molecular weight is 261 g/mol. The predicted molar refractivity (Wildman–Crippen MR) is 74.9 cm³/mol. The van der Waals surface area contributed by atoms with E-state index in [1.165, 1.54) is 6.07 Å². The molecule has 1 aromatic heterocycles. The van der Waals surface area contributed by atoms with Crippen molar-refractivity contribution in [2.24, 2.45) is 0 Å². The van der Waals surface area contributed by atoms with E-state index in [-0.39, 0.29) is 11.4 Å². The van der Waals surface area contributed by atoms with E-state index < -0.39 is 0 Å². The normalized spacial score (nSPS) is 11.8. The highest BCUT2D eigenvalue weighted by atomic mass is 19.1. The van der Waals surface area contributed by atoms with Gasteiger partial charge in [0.1, 0.15) is 5.82 Å². The Kier molecular flexibility index (Phi) is 3.71. The molecule has 0 saturated carbocycles. The lowest BCUT2D eigenvalue weighted by molar-refractivity contribution is 0.418. The highest BCUT2D eigenvalue weighted by molar-refractivity contribution is 5.41. The van der Waals surface area contributed by atoms with Gasteiger partial charge in [0, 0.05) is 23.8 Å². The van der Waals surface area contributed by atoms with E-state index in [0.29, 0.717) is 12.1 Å². The molecule has 19 heavy (non-hydrogen) atoms. The molecule has 0 amide bonds. The van der Waals surface area contributed by atoms with Crippen molar-refractivity contribution in [2.75, 3.05) is 0 Å². The molecule has 3 nitrogen and oxygen atoms in total. The van der Waals surface area contributed by atoms with E-state index >= 15 is 0 Å². The Bertz CT molecular complexity index is 567. The molecule has 2 rings (SSSR count). The summed E-state index contributed by atoms with van der Waals surface area (Å²) in [6, 6.07) is 6.99. The molecule has 1 N–H and O–H groups in total. The van der Waals surface area contributed by atoms with Gasteiger partial charge in [-0.3, -0.25) is 0 Å². The lowest BCUT2D eigenvalue weighted by Crippen LogP contribution is -2.35. The minimum Gasteiger partial charge on any atom is -0.308 e. The van der Waals surface area contributed by atoms with Crippen molar-refractivity contribution in [3.05, 3.63) is 47.5 Å². The highest BCUT2D eigenvalue weighted by Gasteiger charge is 2.14. The Balaban J connectivity index is 2.36. The number of hydrogen-bond acceptors (Lipinski definition) is 2. The van der Waals surface area contributed by atoms with Crippen LogP contribution in [-0.4, -0.2) is 15.3 Å². The summed E-state index contributed by atoms with van der Waals surface area (Å²) in [4.78, 5) is 0. The van der Waals surface area contributed by atoms with E-state index in [9.17, 15) is 4.39 Å². The van der Waals surface area contributed by atoms with E-state index in [1.54, 1.807) is 10.7 Å². The zero-order chi connectivity index (χ0) is 14.0. The standard InChI is InChI=1S/C15H20FN3/c1-11-8-9-19(18-11)14-7-5-6-13(16)12(14)10-17-15(2,3)4/h5-9,17H,10H2,1-4H3. The van der Waals surface area contributed by atoms with Crippen molar-refractivity contribution >= 4 is 0 Å². The van der Waals surface area contributed by atoms with Gasteiger partial charge in [-0.2, -0.15) is 5.10 Å². The molecular formula is C15H20FN3. The van der Waals surface area contributed by atoms with E-state index in [1.807, 2.05) is 25.3 Å². The maximum Gasteiger partial charge on any atom is 0.129 e. The molecule has 2 aromatic rings. The van der Waals surface area contributed by atoms with Crippen LogP contribution in [0.5, 0.6) is 0 Å². The van der Waals surface area contributed by atoms with Crippen molar-refractivity contribution in [1.29, 1.82) is 0 Å². The Morgan fingerprint density at radius 2 is 2.00 bits per heavy atom. The fraction of sp³-hybridized carbons (Fsp3) is 0.400. The lowest BCUT2D eigenvalue weighted by Gasteiger charge is -2.22. The van der Waals surface area contributed by atoms with Crippen LogP contribution in [-0.2, 0) is 6.54 Å². The van der Waals surface area contributed by atoms with Gasteiger partial charge in [0.25, 0.3) is 0 Å². The number of rotatable bonds is 3. The first-order valence-electron chi connectivity index (χ1n) is 6.42. The third-order valence-electron chi connectivity index (χ3n) is 2.86. The number of nitrogens with one attached hydrogen (secondary N) is 1. The molecule has 0 unspecified atom stereocenters. The smallest absolute Gasteiger partial charge is 0.129 e. The van der Waals surface area contributed by atoms with E-state index in [4.69, 9.17) is 0 Å². The van der Waals surface area contributed by atoms with Crippen molar-refractivity contribution in [2.45, 2.75) is 39.8 Å². The van der Waals surface area contributed by atoms with Crippen LogP contribution < -0.4 is 5.32 Å². The zero-order valence-corrected chi connectivity index (χ0v) is 11.9. The molecule has 0 saturated heterocycles. The molecule has 0 aliphatic heterocycles. The SMILES string of the molecule is Cc1ccn(-c2cccc(F)c2CNC(C)(C)C)n1. The zero-order valence-electron chi connectivity index (χ0n) is 11.9. The maximum atomic E-state index is 14.0. The van der Waals surface area contributed by atoms with Crippen LogP contribution in [0.1, 0.15) is 32.0 Å². The molecule has 0 bridgehead atoms. The second-order valence-corrected chi connectivity index (χ2v) is 5.74. The van der Waals surface area contributed by atoms with Crippen LogP contribution in [0.25, 0.3) is 5.69 Å². The summed E-state index contributed by atoms with van der Waals surface area (Å²) in [5.41, 5.74) is 2.28. The number of benzene rings is 1. The fourth-order valence-electron chi connectivity index (χ4n) is 1.84. The van der Waals surface area contributed by atoms with Gasteiger partial charge in [-0.1, -0.05) is 6.07 Å². The monoisotopic (exact) mass is 261 g/mol. The average Bonchev–Trinajstić information content (AvgIpc) is 2.72. The van der Waals surface area contributed by atoms with Crippen LogP contribution in [0.4, 0.5) is 4.39 Å². The van der Waals surface area contributed by atoms with Crippen LogP contribution in [0.15, 0.2) is 30.5 Å². The molecule has 0 aliphatic rings. The topological polar surface area (TPSA) is 29.9 Å². The van der Waals surface area contributed by atoms with Gasteiger partial charge in [-0.15, -0.1) is 0 Å². The van der Waals surface area contributed by atoms with Gasteiger partial charge < -0.3 is 5.32 Å². The van der Waals surface area contributed by atoms with Gasteiger partial charge in [0.2, 0.25) is 0 Å². The Hall–Kier alpha value is -1.68. The third kappa shape index (κ3) is 3.41. The summed E-state index contributed by atoms with van der Waals surface area (Å²) in [6.45, 7) is 8.58. The number of hydrogen-bond donors (Lipinski definition) is 1. The molecule has 102 valence electrons. The molecule has 1 heterocycles. The van der Waals surface area contributed by atoms with Crippen LogP contribution in [0, 0.1) is 12.7 Å². The molecule has 0 fully saturated rings. The predicted octanol–water partition coefficient (Wildman–Crippen LogP) is 3.21. The van der Waals surface area contributed by atoms with Gasteiger partial charge >= 0.3 is 0 Å². The van der Waals surface area contributed by atoms with Gasteiger partial charge in [-0.25, -0.2) is 9.07 Å². The summed E-state index contributed by atoms with van der Waals surface area (Å²) >= 11 is 0. The molecule has 0 atom stereocenters. The number of nitrogens with zero attached hydrogens (tertiary/aromatic N) is 2. The minimum absolute atomic E-state index is 0.0560. The first kappa shape index (κ1) is 13.7. The summed E-state index contributed by atoms with van der Waals surface area (Å²) in [5, 5.41) is 7.66. The lowest BCUT2D eigenvalue weighted by atomic mass is 10.1. The second-order valence-electron chi connectivity index (χ2n) is 5.74. The second kappa shape index (κ2) is 5.13. The number of aryl methyl sites for hydroxylation is 1. The molecular weight excluding hydrogens is 241 g/mol. The molecule has 0 radical (unpaired) electrons. The molecule has 4 heteroatoms. The number of aromatic nitrogens is 2. The Morgan fingerprint density at radius 1 is 1.26 bits per heavy atom. The van der Waals surface area contributed by atoms with Gasteiger partial charge in [0.05, 0.1) is 11.4 Å². The van der Waals surface area contributed by atoms with Gasteiger partial charge in [0.15, 0.2) is 0 Å². The summed E-state index contributed by atoms with van der Waals surface area (Å²) in [6.07, 6.45) is 1.85. The number of halogens is 1. The van der Waals surface area contributed by atoms with Crippen molar-refractivity contribution in [3.63, 3.8) is 0 Å². The van der Waals surface area contributed by atoms with Crippen LogP contribution in [0.3, 0.4) is 0 Å². The quantitative estimate of drug-likeness (QED) is 0.919. The first-order valence-corrected chi connectivity index (χ1v) is 6.42. The highest BCUT2D eigenvalue weighted by Crippen LogP contribution is 2.18. The fourth-order valence-corrected chi connectivity index (χ4v) is 1.84. The third-order valence-corrected chi connectivity index (χ3v) is 2.86. The first-order chi connectivity index (χ1) is 8.87. The summed E-state index contributed by atoms with van der Waals surface area (Å²) in [5.74, 6) is -0.206. The minimum atomic E-state index is -0.206. The van der Waals surface area contributed by atoms with Crippen LogP contribution >= 0.6 is 0 Å². The van der Waals surface area contributed by atoms with Crippen molar-refractivity contribution in [3.8, 4) is 5.69 Å². The maximum absolute atomic E-state index is 14.0. The Morgan fingerprint density at radius 3 is 2.58 bits per heavy atom. The van der Waals surface area contributed by atoms with E-state index in [0.717, 1.165) is 11.4 Å². The molecule has 0 aliphatic carbocycles.